The zero-order valence-corrected chi connectivity index (χ0v) is 20.1. The molecule has 1 aliphatic rings. The van der Waals surface area contributed by atoms with Gasteiger partial charge in [-0.25, -0.2) is 9.59 Å². The number of nitrogen functional groups attached to an aromatic ring is 1. The summed E-state index contributed by atoms with van der Waals surface area (Å²) in [4.78, 5) is 44.6. The lowest BCUT2D eigenvalue weighted by molar-refractivity contribution is -0.144. The van der Waals surface area contributed by atoms with Gasteiger partial charge in [0.25, 0.3) is 0 Å². The van der Waals surface area contributed by atoms with E-state index < -0.39 is 24.2 Å². The second-order valence-corrected chi connectivity index (χ2v) is 8.44. The summed E-state index contributed by atoms with van der Waals surface area (Å²) in [6.45, 7) is -0.220. The molecule has 0 bridgehead atoms. The number of nitrogens with two attached hydrogens (primary N) is 1. The zero-order chi connectivity index (χ0) is 26.2. The number of hydrogen-bond acceptors (Lipinski definition) is 7. The molecule has 1 unspecified atom stereocenters. The van der Waals surface area contributed by atoms with Crippen molar-refractivity contribution in [2.75, 3.05) is 20.6 Å². The van der Waals surface area contributed by atoms with Crippen molar-refractivity contribution in [3.05, 3.63) is 71.3 Å². The zero-order valence-electron chi connectivity index (χ0n) is 20.1. The molecular formula is C25H29N5O6. The summed E-state index contributed by atoms with van der Waals surface area (Å²) in [6.07, 6.45) is -0.921. The molecule has 0 saturated carbocycles. The Hall–Kier alpha value is -4.41. The molecule has 1 aliphatic heterocycles. The fourth-order valence-corrected chi connectivity index (χ4v) is 3.58. The SMILES string of the molecule is CN(C[C@@H](C(=O)O)N(C)C(=O)OCc1ccccc1)C(=O)CC1CC(c2ccc(C(=N)N)cc2)=NO1. The minimum Gasteiger partial charge on any atom is -0.480 e. The van der Waals surface area contributed by atoms with Crippen molar-refractivity contribution in [2.24, 2.45) is 10.9 Å². The number of rotatable bonds is 10. The molecular weight excluding hydrogens is 466 g/mol. The molecule has 2 aromatic rings. The first-order valence-electron chi connectivity index (χ1n) is 11.2. The molecule has 1 heterocycles. The molecule has 2 aromatic carbocycles. The maximum Gasteiger partial charge on any atom is 0.410 e. The Bertz CT molecular complexity index is 1140. The summed E-state index contributed by atoms with van der Waals surface area (Å²) in [6, 6.07) is 14.7. The summed E-state index contributed by atoms with van der Waals surface area (Å²) < 4.78 is 5.21. The Labute approximate surface area is 208 Å². The topological polar surface area (TPSA) is 159 Å². The molecule has 0 radical (unpaired) electrons. The van der Waals surface area contributed by atoms with E-state index in [0.717, 1.165) is 16.0 Å². The summed E-state index contributed by atoms with van der Waals surface area (Å²) in [5.74, 6) is -1.64. The molecule has 0 aliphatic carbocycles. The van der Waals surface area contributed by atoms with Gasteiger partial charge in [0.15, 0.2) is 0 Å². The molecule has 0 spiro atoms. The van der Waals surface area contributed by atoms with Crippen molar-refractivity contribution in [2.45, 2.75) is 31.6 Å². The summed E-state index contributed by atoms with van der Waals surface area (Å²) >= 11 is 0. The summed E-state index contributed by atoms with van der Waals surface area (Å²) in [5.41, 5.74) is 8.29. The van der Waals surface area contributed by atoms with Crippen LogP contribution in [-0.2, 0) is 25.8 Å². The third kappa shape index (κ3) is 6.81. The molecule has 0 fully saturated rings. The maximum absolute atomic E-state index is 12.8. The first-order valence-corrected chi connectivity index (χ1v) is 11.2. The van der Waals surface area contributed by atoms with Crippen LogP contribution in [0.1, 0.15) is 29.5 Å². The summed E-state index contributed by atoms with van der Waals surface area (Å²) in [5, 5.41) is 21.2. The Kier molecular flexibility index (Phi) is 8.61. The van der Waals surface area contributed by atoms with Gasteiger partial charge in [-0.15, -0.1) is 0 Å². The van der Waals surface area contributed by atoms with E-state index in [2.05, 4.69) is 5.16 Å². The quantitative estimate of drug-likeness (QED) is 0.336. The van der Waals surface area contributed by atoms with Crippen LogP contribution in [0, 0.1) is 5.41 Å². The number of carbonyl (C=O) groups excluding carboxylic acids is 2. The highest BCUT2D eigenvalue weighted by Gasteiger charge is 2.32. The van der Waals surface area contributed by atoms with E-state index >= 15 is 0 Å². The van der Waals surface area contributed by atoms with E-state index in [4.69, 9.17) is 20.7 Å². The minimum atomic E-state index is -1.29. The number of benzene rings is 2. The van der Waals surface area contributed by atoms with E-state index in [1.54, 1.807) is 48.5 Å². The standard InChI is InChI=1S/C25H29N5O6/c1-29(14-21(24(32)33)30(2)25(34)35-15-16-6-4-3-5-7-16)22(31)13-19-12-20(28-36-19)17-8-10-18(11-9-17)23(26)27/h3-11,19,21H,12-15H2,1-2H3,(H3,26,27)(H,32,33)/t19?,21-/m0/s1. The number of aliphatic carboxylic acids is 1. The lowest BCUT2D eigenvalue weighted by Gasteiger charge is -2.28. The largest absolute Gasteiger partial charge is 0.480 e. The van der Waals surface area contributed by atoms with Crippen molar-refractivity contribution in [3.8, 4) is 0 Å². The van der Waals surface area contributed by atoms with E-state index in [-0.39, 0.29) is 31.3 Å². The number of carboxylic acids is 1. The lowest BCUT2D eigenvalue weighted by Crippen LogP contribution is -2.50. The van der Waals surface area contributed by atoms with Crippen LogP contribution in [0.5, 0.6) is 0 Å². The lowest BCUT2D eigenvalue weighted by atomic mass is 10.0. The fraction of sp³-hybridized carbons (Fsp3) is 0.320. The van der Waals surface area contributed by atoms with Gasteiger partial charge >= 0.3 is 12.1 Å². The second-order valence-electron chi connectivity index (χ2n) is 8.44. The number of oxime groups is 1. The average molecular weight is 496 g/mol. The van der Waals surface area contributed by atoms with Crippen LogP contribution in [0.3, 0.4) is 0 Å². The number of amides is 2. The van der Waals surface area contributed by atoms with E-state index in [0.29, 0.717) is 17.7 Å². The monoisotopic (exact) mass is 495 g/mol. The van der Waals surface area contributed by atoms with Crippen LogP contribution in [0.4, 0.5) is 4.79 Å². The third-order valence-electron chi connectivity index (χ3n) is 5.78. The predicted octanol–water partition coefficient (Wildman–Crippen LogP) is 2.03. The number of carboxylic acid groups (broad SMARTS) is 1. The second kappa shape index (κ2) is 11.8. The molecule has 0 saturated heterocycles. The van der Waals surface area contributed by atoms with Crippen LogP contribution >= 0.6 is 0 Å². The molecule has 0 aromatic heterocycles. The predicted molar refractivity (Wildman–Crippen MR) is 132 cm³/mol. The number of amidine groups is 1. The number of nitrogens with zero attached hydrogens (tertiary/aromatic N) is 3. The van der Waals surface area contributed by atoms with Crippen molar-refractivity contribution in [1.29, 1.82) is 5.41 Å². The van der Waals surface area contributed by atoms with E-state index in [1.807, 2.05) is 6.07 Å². The molecule has 2 amide bonds. The highest BCUT2D eigenvalue weighted by atomic mass is 16.6. The third-order valence-corrected chi connectivity index (χ3v) is 5.78. The maximum atomic E-state index is 12.8. The van der Waals surface area contributed by atoms with E-state index in [1.165, 1.54) is 19.0 Å². The molecule has 190 valence electrons. The summed E-state index contributed by atoms with van der Waals surface area (Å²) in [7, 11) is 2.79. The number of hydrogen-bond donors (Lipinski definition) is 3. The van der Waals surface area contributed by atoms with Crippen LogP contribution in [0.15, 0.2) is 59.8 Å². The van der Waals surface area contributed by atoms with Gasteiger partial charge in [0.1, 0.15) is 24.6 Å². The molecule has 11 heteroatoms. The molecule has 3 rings (SSSR count). The normalized spacial score (nSPS) is 15.3. The van der Waals surface area contributed by atoms with Gasteiger partial charge in [-0.05, 0) is 11.1 Å². The number of carbonyl (C=O) groups is 3. The fourth-order valence-electron chi connectivity index (χ4n) is 3.58. The Morgan fingerprint density at radius 1 is 1.17 bits per heavy atom. The van der Waals surface area contributed by atoms with Gasteiger partial charge in [0.2, 0.25) is 5.91 Å². The average Bonchev–Trinajstić information content (AvgIpc) is 3.34. The van der Waals surface area contributed by atoms with Crippen molar-refractivity contribution >= 4 is 29.5 Å². The van der Waals surface area contributed by atoms with Crippen LogP contribution in [0.25, 0.3) is 0 Å². The van der Waals surface area contributed by atoms with E-state index in [9.17, 15) is 19.5 Å². The van der Waals surface area contributed by atoms with Crippen molar-refractivity contribution in [1.82, 2.24) is 9.80 Å². The first kappa shape index (κ1) is 26.2. The Morgan fingerprint density at radius 2 is 1.83 bits per heavy atom. The van der Waals surface area contributed by atoms with Gasteiger partial charge in [-0.2, -0.15) is 0 Å². The van der Waals surface area contributed by atoms with Crippen molar-refractivity contribution in [3.63, 3.8) is 0 Å². The molecule has 4 N–H and O–H groups in total. The minimum absolute atomic E-state index is 0.00392. The highest BCUT2D eigenvalue weighted by molar-refractivity contribution is 6.02. The molecule has 36 heavy (non-hydrogen) atoms. The molecule has 2 atom stereocenters. The number of ether oxygens (including phenoxy) is 1. The highest BCUT2D eigenvalue weighted by Crippen LogP contribution is 2.20. The molecule has 11 nitrogen and oxygen atoms in total. The smallest absolute Gasteiger partial charge is 0.410 e. The van der Waals surface area contributed by atoms with Gasteiger partial charge in [-0.3, -0.25) is 15.1 Å². The number of nitrogens with one attached hydrogen (secondary N) is 1. The van der Waals surface area contributed by atoms with Crippen molar-refractivity contribution < 1.29 is 29.1 Å². The first-order chi connectivity index (χ1) is 17.2. The van der Waals surface area contributed by atoms with Crippen LogP contribution < -0.4 is 5.73 Å². The van der Waals surface area contributed by atoms with Gasteiger partial charge in [0, 0.05) is 26.1 Å². The Balaban J connectivity index is 1.51. The number of likely N-dealkylation sites (N-methyl/N-ethyl adjacent to an activating group) is 2. The Morgan fingerprint density at radius 3 is 2.44 bits per heavy atom. The van der Waals surface area contributed by atoms with Gasteiger partial charge < -0.3 is 25.3 Å². The van der Waals surface area contributed by atoms with Gasteiger partial charge in [0.05, 0.1) is 18.7 Å². The van der Waals surface area contributed by atoms with Gasteiger partial charge in [-0.1, -0.05) is 59.8 Å². The van der Waals surface area contributed by atoms with Crippen LogP contribution in [0.2, 0.25) is 0 Å². The van der Waals surface area contributed by atoms with Crippen LogP contribution in [-0.4, -0.2) is 77.2 Å².